The normalized spacial score (nSPS) is 12.5. The van der Waals surface area contributed by atoms with Gasteiger partial charge >= 0.3 is 5.97 Å². The summed E-state index contributed by atoms with van der Waals surface area (Å²) < 4.78 is 28.3. The van der Waals surface area contributed by atoms with Crippen molar-refractivity contribution in [2.75, 3.05) is 18.2 Å². The molecule has 0 saturated heterocycles. The van der Waals surface area contributed by atoms with Crippen molar-refractivity contribution in [2.24, 2.45) is 0 Å². The summed E-state index contributed by atoms with van der Waals surface area (Å²) in [4.78, 5) is 22.9. The number of sulfone groups is 1. The first-order valence-corrected chi connectivity index (χ1v) is 8.18. The minimum Gasteiger partial charge on any atom is -0.469 e. The Hall–Kier alpha value is -1.60. The molecule has 1 unspecified atom stereocenters. The van der Waals surface area contributed by atoms with Crippen LogP contribution < -0.4 is 5.32 Å². The van der Waals surface area contributed by atoms with Gasteiger partial charge in [0.15, 0.2) is 9.84 Å². The number of carbonyl (C=O) groups is 2. The Labute approximate surface area is 128 Å². The molecule has 8 heteroatoms. The van der Waals surface area contributed by atoms with Gasteiger partial charge in [0.05, 0.1) is 29.5 Å². The number of amides is 1. The molecule has 0 spiro atoms. The predicted molar refractivity (Wildman–Crippen MR) is 80.0 cm³/mol. The third-order valence-corrected chi connectivity index (χ3v) is 5.16. The molecule has 0 heterocycles. The van der Waals surface area contributed by atoms with Crippen LogP contribution in [0.1, 0.15) is 13.3 Å². The molecule has 0 radical (unpaired) electrons. The fourth-order valence-electron chi connectivity index (χ4n) is 1.52. The Bertz CT molecular complexity index is 629. The van der Waals surface area contributed by atoms with Crippen molar-refractivity contribution in [2.45, 2.75) is 18.6 Å². The Morgan fingerprint density at radius 3 is 2.52 bits per heavy atom. The highest BCUT2D eigenvalue weighted by molar-refractivity contribution is 7.92. The fraction of sp³-hybridized carbons (Fsp3) is 0.385. The van der Waals surface area contributed by atoms with Gasteiger partial charge in [0.25, 0.3) is 0 Å². The number of anilines is 1. The SMILES string of the molecule is COC(=O)CC(C)S(=O)(=O)CC(=O)Nc1ccccc1Cl. The number of hydrogen-bond acceptors (Lipinski definition) is 5. The van der Waals surface area contributed by atoms with E-state index in [0.29, 0.717) is 10.7 Å². The lowest BCUT2D eigenvalue weighted by Crippen LogP contribution is -2.31. The minimum absolute atomic E-state index is 0.293. The van der Waals surface area contributed by atoms with Crippen LogP contribution in [0.15, 0.2) is 24.3 Å². The molecule has 0 aliphatic heterocycles. The monoisotopic (exact) mass is 333 g/mol. The summed E-state index contributed by atoms with van der Waals surface area (Å²) in [6.07, 6.45) is -0.293. The molecule has 1 aromatic carbocycles. The molecular formula is C13H16ClNO5S. The van der Waals surface area contributed by atoms with Crippen molar-refractivity contribution in [1.82, 2.24) is 0 Å². The molecule has 1 atom stereocenters. The number of benzene rings is 1. The summed E-state index contributed by atoms with van der Waals surface area (Å²) in [5.41, 5.74) is 0.333. The lowest BCUT2D eigenvalue weighted by atomic mass is 10.3. The van der Waals surface area contributed by atoms with Crippen molar-refractivity contribution in [1.29, 1.82) is 0 Å². The van der Waals surface area contributed by atoms with Crippen molar-refractivity contribution < 1.29 is 22.7 Å². The molecule has 0 aliphatic rings. The first kappa shape index (κ1) is 17.5. The van der Waals surface area contributed by atoms with Crippen LogP contribution in [0.5, 0.6) is 0 Å². The Balaban J connectivity index is 2.69. The number of carbonyl (C=O) groups excluding carboxylic acids is 2. The second-order valence-electron chi connectivity index (χ2n) is 4.43. The van der Waals surface area contributed by atoms with Gasteiger partial charge in [-0.1, -0.05) is 23.7 Å². The van der Waals surface area contributed by atoms with Gasteiger partial charge in [-0.05, 0) is 19.1 Å². The Morgan fingerprint density at radius 2 is 1.95 bits per heavy atom. The molecular weight excluding hydrogens is 318 g/mol. The highest BCUT2D eigenvalue weighted by Crippen LogP contribution is 2.20. The maximum Gasteiger partial charge on any atom is 0.306 e. The molecule has 0 bridgehead atoms. The zero-order valence-electron chi connectivity index (χ0n) is 11.6. The van der Waals surface area contributed by atoms with E-state index in [1.807, 2.05) is 0 Å². The quantitative estimate of drug-likeness (QED) is 0.799. The Morgan fingerprint density at radius 1 is 1.33 bits per heavy atom. The summed E-state index contributed by atoms with van der Waals surface area (Å²) in [6.45, 7) is 1.36. The molecule has 116 valence electrons. The fourth-order valence-corrected chi connectivity index (χ4v) is 2.81. The molecule has 1 aromatic rings. The van der Waals surface area contributed by atoms with E-state index in [-0.39, 0.29) is 6.42 Å². The van der Waals surface area contributed by atoms with Crippen LogP contribution in [-0.4, -0.2) is 38.4 Å². The number of rotatable bonds is 6. The summed E-state index contributed by atoms with van der Waals surface area (Å²) in [6, 6.07) is 6.49. The summed E-state index contributed by atoms with van der Waals surface area (Å²) in [5, 5.41) is 1.74. The van der Waals surface area contributed by atoms with Gasteiger partial charge in [-0.3, -0.25) is 9.59 Å². The zero-order chi connectivity index (χ0) is 16.0. The van der Waals surface area contributed by atoms with Crippen LogP contribution >= 0.6 is 11.6 Å². The van der Waals surface area contributed by atoms with E-state index in [1.54, 1.807) is 24.3 Å². The number of nitrogens with one attached hydrogen (secondary N) is 1. The van der Waals surface area contributed by atoms with Crippen LogP contribution in [0.25, 0.3) is 0 Å². The van der Waals surface area contributed by atoms with E-state index in [1.165, 1.54) is 14.0 Å². The van der Waals surface area contributed by atoms with Crippen LogP contribution in [0.3, 0.4) is 0 Å². The topological polar surface area (TPSA) is 89.5 Å². The molecule has 21 heavy (non-hydrogen) atoms. The van der Waals surface area contributed by atoms with Crippen LogP contribution in [0, 0.1) is 0 Å². The summed E-state index contributed by atoms with van der Waals surface area (Å²) >= 11 is 5.86. The van der Waals surface area contributed by atoms with Gasteiger partial charge in [-0.2, -0.15) is 0 Å². The summed E-state index contributed by atoms with van der Waals surface area (Å²) in [7, 11) is -2.58. The maximum atomic E-state index is 12.0. The number of halogens is 1. The van der Waals surface area contributed by atoms with Gasteiger partial charge in [-0.15, -0.1) is 0 Å². The van der Waals surface area contributed by atoms with E-state index in [2.05, 4.69) is 10.1 Å². The predicted octanol–water partition coefficient (Wildman–Crippen LogP) is 1.64. The van der Waals surface area contributed by atoms with Crippen LogP contribution in [0.2, 0.25) is 5.02 Å². The maximum absolute atomic E-state index is 12.0. The van der Waals surface area contributed by atoms with E-state index in [0.717, 1.165) is 0 Å². The average molecular weight is 334 g/mol. The van der Waals surface area contributed by atoms with Gasteiger partial charge in [0, 0.05) is 0 Å². The molecule has 0 fully saturated rings. The van der Waals surface area contributed by atoms with Crippen molar-refractivity contribution in [3.05, 3.63) is 29.3 Å². The second-order valence-corrected chi connectivity index (χ2v) is 7.25. The van der Waals surface area contributed by atoms with E-state index in [4.69, 9.17) is 11.6 Å². The third-order valence-electron chi connectivity index (χ3n) is 2.78. The van der Waals surface area contributed by atoms with Crippen molar-refractivity contribution >= 4 is 39.0 Å². The van der Waals surface area contributed by atoms with Crippen LogP contribution in [0.4, 0.5) is 5.69 Å². The number of ether oxygens (including phenoxy) is 1. The standard InChI is InChI=1S/C13H16ClNO5S/c1-9(7-13(17)20-2)21(18,19)8-12(16)15-11-6-4-3-5-10(11)14/h3-6,9H,7-8H2,1-2H3,(H,15,16). The third kappa shape index (κ3) is 5.35. The molecule has 6 nitrogen and oxygen atoms in total. The van der Waals surface area contributed by atoms with E-state index in [9.17, 15) is 18.0 Å². The van der Waals surface area contributed by atoms with Gasteiger partial charge in [-0.25, -0.2) is 8.42 Å². The average Bonchev–Trinajstić information content (AvgIpc) is 2.40. The van der Waals surface area contributed by atoms with Gasteiger partial charge in [0.1, 0.15) is 5.75 Å². The molecule has 1 N–H and O–H groups in total. The molecule has 1 amide bonds. The smallest absolute Gasteiger partial charge is 0.306 e. The largest absolute Gasteiger partial charge is 0.469 e. The lowest BCUT2D eigenvalue weighted by Gasteiger charge is -2.12. The Kier molecular flexibility index (Phi) is 6.17. The number of para-hydroxylation sites is 1. The first-order chi connectivity index (χ1) is 9.76. The highest BCUT2D eigenvalue weighted by atomic mass is 35.5. The number of esters is 1. The van der Waals surface area contributed by atoms with Crippen molar-refractivity contribution in [3.8, 4) is 0 Å². The highest BCUT2D eigenvalue weighted by Gasteiger charge is 2.27. The zero-order valence-corrected chi connectivity index (χ0v) is 13.2. The molecule has 0 saturated carbocycles. The molecule has 0 aromatic heterocycles. The molecule has 0 aliphatic carbocycles. The van der Waals surface area contributed by atoms with Crippen molar-refractivity contribution in [3.63, 3.8) is 0 Å². The lowest BCUT2D eigenvalue weighted by molar-refractivity contribution is -0.140. The van der Waals surface area contributed by atoms with Gasteiger partial charge < -0.3 is 10.1 Å². The first-order valence-electron chi connectivity index (χ1n) is 6.09. The van der Waals surface area contributed by atoms with E-state index < -0.39 is 32.7 Å². The molecule has 1 rings (SSSR count). The minimum atomic E-state index is -3.75. The number of hydrogen-bond donors (Lipinski definition) is 1. The van der Waals surface area contributed by atoms with Gasteiger partial charge in [0.2, 0.25) is 5.91 Å². The van der Waals surface area contributed by atoms with E-state index >= 15 is 0 Å². The van der Waals surface area contributed by atoms with Crippen LogP contribution in [-0.2, 0) is 24.2 Å². The number of methoxy groups -OCH3 is 1. The summed E-state index contributed by atoms with van der Waals surface area (Å²) in [5.74, 6) is -2.08. The second kappa shape index (κ2) is 7.42.